The zero-order valence-corrected chi connectivity index (χ0v) is 12.3. The summed E-state index contributed by atoms with van der Waals surface area (Å²) >= 11 is 1.74. The zero-order chi connectivity index (χ0) is 13.9. The molecule has 0 aromatic heterocycles. The van der Waals surface area contributed by atoms with Gasteiger partial charge in [-0.05, 0) is 31.5 Å². The number of hydrogen-bond donors (Lipinski definition) is 2. The van der Waals surface area contributed by atoms with Crippen LogP contribution in [0.4, 0.5) is 11.4 Å². The minimum absolute atomic E-state index is 0.0439. The van der Waals surface area contributed by atoms with Gasteiger partial charge in [-0.15, -0.1) is 0 Å². The standard InChI is InChI=1S/C14H19N3OS/c1-4-14(3)9-19-13(17-14)16-12-7-5-6-11(8-12)15-10(2)18/h5-8H,4,9H2,1-3H3,(H,15,18)(H,16,17). The summed E-state index contributed by atoms with van der Waals surface area (Å²) in [5.74, 6) is 0.945. The van der Waals surface area contributed by atoms with E-state index in [1.165, 1.54) is 6.92 Å². The van der Waals surface area contributed by atoms with E-state index in [4.69, 9.17) is 4.99 Å². The number of carbonyl (C=O) groups excluding carboxylic acids is 1. The highest BCUT2D eigenvalue weighted by molar-refractivity contribution is 8.14. The number of rotatable bonds is 3. The van der Waals surface area contributed by atoms with Gasteiger partial charge in [-0.25, -0.2) is 0 Å². The van der Waals surface area contributed by atoms with Gasteiger partial charge in [0.2, 0.25) is 5.91 Å². The molecule has 0 aliphatic carbocycles. The van der Waals surface area contributed by atoms with E-state index in [0.717, 1.165) is 28.7 Å². The first-order valence-electron chi connectivity index (χ1n) is 6.38. The van der Waals surface area contributed by atoms with Crippen LogP contribution in [0.5, 0.6) is 0 Å². The number of carbonyl (C=O) groups is 1. The van der Waals surface area contributed by atoms with Crippen molar-refractivity contribution in [3.05, 3.63) is 24.3 Å². The molecule has 5 heteroatoms. The van der Waals surface area contributed by atoms with Gasteiger partial charge in [0.25, 0.3) is 0 Å². The fourth-order valence-electron chi connectivity index (χ4n) is 1.78. The molecule has 2 N–H and O–H groups in total. The number of amides is 1. The Morgan fingerprint density at radius 2 is 2.21 bits per heavy atom. The molecule has 0 fully saturated rings. The van der Waals surface area contributed by atoms with Crippen molar-refractivity contribution in [1.82, 2.24) is 0 Å². The summed E-state index contributed by atoms with van der Waals surface area (Å²) in [6, 6.07) is 7.65. The number of thioether (sulfide) groups is 1. The SMILES string of the molecule is CCC1(C)CSC(Nc2cccc(NC(C)=O)c2)=N1. The summed E-state index contributed by atoms with van der Waals surface area (Å²) in [4.78, 5) is 15.7. The molecule has 1 heterocycles. The van der Waals surface area contributed by atoms with Crippen molar-refractivity contribution in [2.45, 2.75) is 32.7 Å². The monoisotopic (exact) mass is 277 g/mol. The first kappa shape index (κ1) is 13.9. The maximum Gasteiger partial charge on any atom is 0.221 e. The molecule has 1 aliphatic heterocycles. The fraction of sp³-hybridized carbons (Fsp3) is 0.429. The average Bonchev–Trinajstić information content (AvgIpc) is 2.71. The lowest BCUT2D eigenvalue weighted by molar-refractivity contribution is -0.114. The number of aliphatic imine (C=N–C) groups is 1. The molecule has 0 saturated carbocycles. The van der Waals surface area contributed by atoms with Gasteiger partial charge in [-0.3, -0.25) is 9.79 Å². The summed E-state index contributed by atoms with van der Waals surface area (Å²) in [7, 11) is 0. The summed E-state index contributed by atoms with van der Waals surface area (Å²) in [5.41, 5.74) is 1.78. The van der Waals surface area contributed by atoms with E-state index < -0.39 is 0 Å². The second-order valence-electron chi connectivity index (χ2n) is 4.94. The number of nitrogens with zero attached hydrogens (tertiary/aromatic N) is 1. The van der Waals surface area contributed by atoms with Crippen molar-refractivity contribution in [3.63, 3.8) is 0 Å². The maximum absolute atomic E-state index is 11.0. The highest BCUT2D eigenvalue weighted by atomic mass is 32.2. The van der Waals surface area contributed by atoms with Crippen LogP contribution < -0.4 is 10.6 Å². The molecule has 0 spiro atoms. The molecule has 19 heavy (non-hydrogen) atoms. The smallest absolute Gasteiger partial charge is 0.221 e. The molecular formula is C14H19N3OS. The summed E-state index contributed by atoms with van der Waals surface area (Å²) < 4.78 is 0. The number of hydrogen-bond acceptors (Lipinski definition) is 4. The van der Waals surface area contributed by atoms with Gasteiger partial charge in [0.15, 0.2) is 5.17 Å². The van der Waals surface area contributed by atoms with Crippen LogP contribution in [0.2, 0.25) is 0 Å². The van der Waals surface area contributed by atoms with Gasteiger partial charge >= 0.3 is 0 Å². The van der Waals surface area contributed by atoms with Crippen LogP contribution in [0.3, 0.4) is 0 Å². The number of benzene rings is 1. The predicted molar refractivity (Wildman–Crippen MR) is 83.0 cm³/mol. The van der Waals surface area contributed by atoms with Gasteiger partial charge < -0.3 is 10.6 Å². The molecular weight excluding hydrogens is 258 g/mol. The van der Waals surface area contributed by atoms with Crippen molar-refractivity contribution < 1.29 is 4.79 Å². The minimum atomic E-state index is -0.0664. The second-order valence-corrected chi connectivity index (χ2v) is 5.91. The Morgan fingerprint density at radius 1 is 1.47 bits per heavy atom. The summed E-state index contributed by atoms with van der Waals surface area (Å²) in [6.07, 6.45) is 1.04. The highest BCUT2D eigenvalue weighted by Crippen LogP contribution is 2.31. The zero-order valence-electron chi connectivity index (χ0n) is 11.5. The Labute approximate surface area is 118 Å². The molecule has 0 bridgehead atoms. The Bertz CT molecular complexity index is 515. The molecule has 1 amide bonds. The largest absolute Gasteiger partial charge is 0.335 e. The van der Waals surface area contributed by atoms with E-state index in [2.05, 4.69) is 24.5 Å². The maximum atomic E-state index is 11.0. The van der Waals surface area contributed by atoms with Crippen LogP contribution in [0.15, 0.2) is 29.3 Å². The third kappa shape index (κ3) is 3.73. The van der Waals surface area contributed by atoms with E-state index in [1.807, 2.05) is 24.3 Å². The van der Waals surface area contributed by atoms with E-state index in [-0.39, 0.29) is 11.4 Å². The van der Waals surface area contributed by atoms with Gasteiger partial charge in [-0.2, -0.15) is 0 Å². The molecule has 2 rings (SSSR count). The fourth-order valence-corrected chi connectivity index (χ4v) is 2.97. The van der Waals surface area contributed by atoms with Crippen LogP contribution >= 0.6 is 11.8 Å². The third-order valence-electron chi connectivity index (χ3n) is 3.09. The van der Waals surface area contributed by atoms with Crippen LogP contribution in [-0.4, -0.2) is 22.4 Å². The van der Waals surface area contributed by atoms with Crippen molar-refractivity contribution in [2.24, 2.45) is 4.99 Å². The van der Waals surface area contributed by atoms with E-state index >= 15 is 0 Å². The number of amidine groups is 1. The molecule has 0 radical (unpaired) electrons. The van der Waals surface area contributed by atoms with Crippen LogP contribution in [0.1, 0.15) is 27.2 Å². The molecule has 1 unspecified atom stereocenters. The van der Waals surface area contributed by atoms with Crippen LogP contribution in [0, 0.1) is 0 Å². The normalized spacial score (nSPS) is 21.9. The van der Waals surface area contributed by atoms with Crippen molar-refractivity contribution in [1.29, 1.82) is 0 Å². The van der Waals surface area contributed by atoms with Crippen molar-refractivity contribution in [3.8, 4) is 0 Å². The average molecular weight is 277 g/mol. The van der Waals surface area contributed by atoms with Gasteiger partial charge in [-0.1, -0.05) is 24.8 Å². The molecule has 102 valence electrons. The van der Waals surface area contributed by atoms with Crippen LogP contribution in [0.25, 0.3) is 0 Å². The van der Waals surface area contributed by atoms with Gasteiger partial charge in [0, 0.05) is 24.1 Å². The van der Waals surface area contributed by atoms with Gasteiger partial charge in [0.05, 0.1) is 5.54 Å². The Kier molecular flexibility index (Phi) is 4.14. The van der Waals surface area contributed by atoms with Crippen molar-refractivity contribution in [2.75, 3.05) is 16.4 Å². The molecule has 4 nitrogen and oxygen atoms in total. The van der Waals surface area contributed by atoms with E-state index in [1.54, 1.807) is 11.8 Å². The third-order valence-corrected chi connectivity index (χ3v) is 4.32. The number of anilines is 2. The Balaban J connectivity index is 2.08. The second kappa shape index (κ2) is 5.65. The quantitative estimate of drug-likeness (QED) is 0.891. The molecule has 1 aromatic carbocycles. The van der Waals surface area contributed by atoms with Gasteiger partial charge in [0.1, 0.15) is 0 Å². The topological polar surface area (TPSA) is 53.5 Å². The Hall–Kier alpha value is -1.49. The highest BCUT2D eigenvalue weighted by Gasteiger charge is 2.28. The Morgan fingerprint density at radius 3 is 2.84 bits per heavy atom. The first-order valence-corrected chi connectivity index (χ1v) is 7.37. The minimum Gasteiger partial charge on any atom is -0.335 e. The summed E-state index contributed by atoms with van der Waals surface area (Å²) in [5, 5.41) is 7.03. The molecule has 1 atom stereocenters. The van der Waals surface area contributed by atoms with Crippen LogP contribution in [-0.2, 0) is 4.79 Å². The lowest BCUT2D eigenvalue weighted by Gasteiger charge is -2.15. The van der Waals surface area contributed by atoms with E-state index in [9.17, 15) is 4.79 Å². The number of nitrogens with one attached hydrogen (secondary N) is 2. The van der Waals surface area contributed by atoms with Crippen molar-refractivity contribution >= 4 is 34.2 Å². The van der Waals surface area contributed by atoms with E-state index in [0.29, 0.717) is 0 Å². The molecule has 1 aliphatic rings. The molecule has 0 saturated heterocycles. The first-order chi connectivity index (χ1) is 9.00. The lowest BCUT2D eigenvalue weighted by atomic mass is 10.0. The summed E-state index contributed by atoms with van der Waals surface area (Å²) in [6.45, 7) is 5.83. The predicted octanol–water partition coefficient (Wildman–Crippen LogP) is 3.33. The lowest BCUT2D eigenvalue weighted by Crippen LogP contribution is -2.20. The molecule has 1 aromatic rings.